The SMILES string of the molecule is CCCOC1CCCN(C(CN)C2CCCOC2)C1. The van der Waals surface area contributed by atoms with Crippen LogP contribution in [0.1, 0.15) is 39.0 Å². The van der Waals surface area contributed by atoms with Gasteiger partial charge in [0.05, 0.1) is 12.7 Å². The lowest BCUT2D eigenvalue weighted by Crippen LogP contribution is -2.53. The number of nitrogens with two attached hydrogens (primary N) is 1. The fourth-order valence-corrected chi connectivity index (χ4v) is 3.40. The summed E-state index contributed by atoms with van der Waals surface area (Å²) in [4.78, 5) is 2.56. The number of ether oxygens (including phenoxy) is 2. The summed E-state index contributed by atoms with van der Waals surface area (Å²) in [6.45, 7) is 7.84. The maximum Gasteiger partial charge on any atom is 0.0702 e. The number of hydrogen-bond donors (Lipinski definition) is 1. The molecule has 0 spiro atoms. The molecule has 4 heteroatoms. The second-order valence-corrected chi connectivity index (χ2v) is 5.91. The summed E-state index contributed by atoms with van der Waals surface area (Å²) in [7, 11) is 0. The van der Waals surface area contributed by atoms with Crippen molar-refractivity contribution < 1.29 is 9.47 Å². The van der Waals surface area contributed by atoms with Gasteiger partial charge in [-0.15, -0.1) is 0 Å². The fourth-order valence-electron chi connectivity index (χ4n) is 3.40. The molecule has 112 valence electrons. The van der Waals surface area contributed by atoms with Crippen molar-refractivity contribution >= 4 is 0 Å². The second kappa shape index (κ2) is 8.20. The standard InChI is InChI=1S/C15H30N2O2/c1-2-8-19-14-6-3-7-17(11-14)15(10-16)13-5-4-9-18-12-13/h13-15H,2-12,16H2,1H3. The van der Waals surface area contributed by atoms with Crippen LogP contribution in [-0.4, -0.2) is 56.5 Å². The average Bonchev–Trinajstić information content (AvgIpc) is 2.47. The molecular formula is C15H30N2O2. The van der Waals surface area contributed by atoms with Crippen LogP contribution in [0.25, 0.3) is 0 Å². The minimum absolute atomic E-state index is 0.409. The molecule has 2 saturated heterocycles. The number of rotatable bonds is 6. The molecule has 0 bridgehead atoms. The molecular weight excluding hydrogens is 240 g/mol. The third kappa shape index (κ3) is 4.42. The van der Waals surface area contributed by atoms with Crippen LogP contribution in [0.4, 0.5) is 0 Å². The van der Waals surface area contributed by atoms with E-state index in [1.807, 2.05) is 0 Å². The second-order valence-electron chi connectivity index (χ2n) is 5.91. The zero-order valence-corrected chi connectivity index (χ0v) is 12.4. The lowest BCUT2D eigenvalue weighted by atomic mass is 9.91. The Balaban J connectivity index is 1.86. The quantitative estimate of drug-likeness (QED) is 0.797. The molecule has 2 fully saturated rings. The average molecular weight is 270 g/mol. The smallest absolute Gasteiger partial charge is 0.0702 e. The topological polar surface area (TPSA) is 47.7 Å². The Morgan fingerprint density at radius 2 is 2.26 bits per heavy atom. The van der Waals surface area contributed by atoms with Crippen molar-refractivity contribution in [3.63, 3.8) is 0 Å². The molecule has 0 amide bonds. The maximum absolute atomic E-state index is 6.04. The molecule has 3 atom stereocenters. The molecule has 3 unspecified atom stereocenters. The van der Waals surface area contributed by atoms with Crippen molar-refractivity contribution in [1.82, 2.24) is 4.90 Å². The molecule has 4 nitrogen and oxygen atoms in total. The maximum atomic E-state index is 6.04. The van der Waals surface area contributed by atoms with Gasteiger partial charge in [-0.3, -0.25) is 4.90 Å². The fraction of sp³-hybridized carbons (Fsp3) is 1.00. The highest BCUT2D eigenvalue weighted by atomic mass is 16.5. The molecule has 2 N–H and O–H groups in total. The predicted molar refractivity (Wildman–Crippen MR) is 77.2 cm³/mol. The number of nitrogens with zero attached hydrogens (tertiary/aromatic N) is 1. The highest BCUT2D eigenvalue weighted by Crippen LogP contribution is 2.24. The van der Waals surface area contributed by atoms with Crippen LogP contribution in [0, 0.1) is 5.92 Å². The first-order valence-corrected chi connectivity index (χ1v) is 7.98. The van der Waals surface area contributed by atoms with Gasteiger partial charge in [-0.05, 0) is 44.6 Å². The third-order valence-electron chi connectivity index (χ3n) is 4.42. The highest BCUT2D eigenvalue weighted by Gasteiger charge is 2.31. The Labute approximate surface area is 117 Å². The monoisotopic (exact) mass is 270 g/mol. The van der Waals surface area contributed by atoms with Gasteiger partial charge in [0.15, 0.2) is 0 Å². The summed E-state index contributed by atoms with van der Waals surface area (Å²) < 4.78 is 11.6. The van der Waals surface area contributed by atoms with Crippen molar-refractivity contribution in [3.05, 3.63) is 0 Å². The van der Waals surface area contributed by atoms with Crippen LogP contribution >= 0.6 is 0 Å². The normalized spacial score (nSPS) is 31.3. The lowest BCUT2D eigenvalue weighted by Gasteiger charge is -2.42. The lowest BCUT2D eigenvalue weighted by molar-refractivity contribution is -0.0391. The van der Waals surface area contributed by atoms with Gasteiger partial charge in [0.1, 0.15) is 0 Å². The van der Waals surface area contributed by atoms with E-state index in [2.05, 4.69) is 11.8 Å². The minimum Gasteiger partial charge on any atom is -0.381 e. The predicted octanol–water partition coefficient (Wildman–Crippen LogP) is 1.63. The van der Waals surface area contributed by atoms with E-state index < -0.39 is 0 Å². The summed E-state index contributed by atoms with van der Waals surface area (Å²) in [5, 5.41) is 0. The largest absolute Gasteiger partial charge is 0.381 e. The summed E-state index contributed by atoms with van der Waals surface area (Å²) in [5.74, 6) is 0.615. The summed E-state index contributed by atoms with van der Waals surface area (Å²) in [6, 6.07) is 0.480. The first kappa shape index (κ1) is 15.2. The Hall–Kier alpha value is -0.160. The number of piperidine rings is 1. The number of hydrogen-bond acceptors (Lipinski definition) is 4. The zero-order chi connectivity index (χ0) is 13.5. The molecule has 0 aromatic rings. The molecule has 0 aliphatic carbocycles. The minimum atomic E-state index is 0.409. The van der Waals surface area contributed by atoms with Crippen molar-refractivity contribution in [2.45, 2.75) is 51.2 Å². The van der Waals surface area contributed by atoms with Gasteiger partial charge in [0.2, 0.25) is 0 Å². The van der Waals surface area contributed by atoms with E-state index in [0.717, 1.165) is 39.3 Å². The van der Waals surface area contributed by atoms with Crippen LogP contribution < -0.4 is 5.73 Å². The summed E-state index contributed by atoms with van der Waals surface area (Å²) in [5.41, 5.74) is 6.04. The van der Waals surface area contributed by atoms with E-state index in [1.54, 1.807) is 0 Å². The first-order valence-electron chi connectivity index (χ1n) is 7.98. The van der Waals surface area contributed by atoms with Gasteiger partial charge in [-0.1, -0.05) is 6.92 Å². The molecule has 2 aliphatic heterocycles. The molecule has 0 radical (unpaired) electrons. The molecule has 2 rings (SSSR count). The Morgan fingerprint density at radius 3 is 2.95 bits per heavy atom. The molecule has 19 heavy (non-hydrogen) atoms. The van der Waals surface area contributed by atoms with Crippen molar-refractivity contribution in [3.8, 4) is 0 Å². The van der Waals surface area contributed by atoms with E-state index in [-0.39, 0.29) is 0 Å². The van der Waals surface area contributed by atoms with Gasteiger partial charge >= 0.3 is 0 Å². The third-order valence-corrected chi connectivity index (χ3v) is 4.42. The highest BCUT2D eigenvalue weighted by molar-refractivity contribution is 4.86. The van der Waals surface area contributed by atoms with Crippen LogP contribution in [-0.2, 0) is 9.47 Å². The molecule has 2 heterocycles. The Bertz CT molecular complexity index is 244. The van der Waals surface area contributed by atoms with Crippen LogP contribution in [0.15, 0.2) is 0 Å². The van der Waals surface area contributed by atoms with Gasteiger partial charge < -0.3 is 15.2 Å². The van der Waals surface area contributed by atoms with E-state index in [1.165, 1.54) is 32.2 Å². The number of likely N-dealkylation sites (tertiary alicyclic amines) is 1. The molecule has 0 aromatic carbocycles. The van der Waals surface area contributed by atoms with Crippen molar-refractivity contribution in [2.24, 2.45) is 11.7 Å². The van der Waals surface area contributed by atoms with Crippen molar-refractivity contribution in [2.75, 3.05) is 39.5 Å². The van der Waals surface area contributed by atoms with Gasteiger partial charge in [-0.2, -0.15) is 0 Å². The van der Waals surface area contributed by atoms with E-state index in [0.29, 0.717) is 18.1 Å². The Kier molecular flexibility index (Phi) is 6.57. The molecule has 2 aliphatic rings. The van der Waals surface area contributed by atoms with Crippen LogP contribution in [0.3, 0.4) is 0 Å². The molecule has 0 saturated carbocycles. The van der Waals surface area contributed by atoms with Crippen molar-refractivity contribution in [1.29, 1.82) is 0 Å². The van der Waals surface area contributed by atoms with E-state index in [4.69, 9.17) is 15.2 Å². The Morgan fingerprint density at radius 1 is 1.37 bits per heavy atom. The van der Waals surface area contributed by atoms with Crippen LogP contribution in [0.5, 0.6) is 0 Å². The van der Waals surface area contributed by atoms with Gasteiger partial charge in [0.25, 0.3) is 0 Å². The van der Waals surface area contributed by atoms with Gasteiger partial charge in [0, 0.05) is 32.3 Å². The van der Waals surface area contributed by atoms with E-state index in [9.17, 15) is 0 Å². The zero-order valence-electron chi connectivity index (χ0n) is 12.4. The summed E-state index contributed by atoms with van der Waals surface area (Å²) in [6.07, 6.45) is 6.40. The summed E-state index contributed by atoms with van der Waals surface area (Å²) >= 11 is 0. The first-order chi connectivity index (χ1) is 9.35. The molecule has 0 aromatic heterocycles. The van der Waals surface area contributed by atoms with E-state index >= 15 is 0 Å². The van der Waals surface area contributed by atoms with Crippen LogP contribution in [0.2, 0.25) is 0 Å². The van der Waals surface area contributed by atoms with Gasteiger partial charge in [-0.25, -0.2) is 0 Å².